The first kappa shape index (κ1) is 14.9. The van der Waals surface area contributed by atoms with Crippen LogP contribution in [-0.4, -0.2) is 25.9 Å². The molecule has 2 heterocycles. The lowest BCUT2D eigenvalue weighted by Crippen LogP contribution is -2.15. The van der Waals surface area contributed by atoms with E-state index in [1.165, 1.54) is 27.8 Å². The quantitative estimate of drug-likeness (QED) is 0.627. The maximum atomic E-state index is 10.8. The zero-order valence-electron chi connectivity index (χ0n) is 11.2. The van der Waals surface area contributed by atoms with Gasteiger partial charge >= 0.3 is 5.97 Å². The molecule has 8 heteroatoms. The molecule has 2 aromatic heterocycles. The summed E-state index contributed by atoms with van der Waals surface area (Å²) in [5.41, 5.74) is 0. The van der Waals surface area contributed by atoms with E-state index in [9.17, 15) is 4.79 Å². The minimum atomic E-state index is -0.896. The molecule has 0 aliphatic carbocycles. The average Bonchev–Trinajstić information content (AvgIpc) is 2.96. The molecule has 0 aliphatic heterocycles. The second-order valence-corrected chi connectivity index (χ2v) is 6.84. The van der Waals surface area contributed by atoms with E-state index in [-0.39, 0.29) is 0 Å². The molecule has 2 aromatic rings. The SMILES string of the molecule is CC(C)Cc1nnc(SCc2ccc(C(=O)O)s2)n1N. The van der Waals surface area contributed by atoms with Gasteiger partial charge in [-0.25, -0.2) is 9.47 Å². The third-order valence-corrected chi connectivity index (χ3v) is 4.79. The highest BCUT2D eigenvalue weighted by Gasteiger charge is 2.13. The molecule has 20 heavy (non-hydrogen) atoms. The highest BCUT2D eigenvalue weighted by atomic mass is 32.2. The number of hydrogen-bond donors (Lipinski definition) is 2. The Morgan fingerprint density at radius 1 is 1.50 bits per heavy atom. The zero-order valence-corrected chi connectivity index (χ0v) is 12.9. The van der Waals surface area contributed by atoms with Crippen molar-refractivity contribution in [1.82, 2.24) is 14.9 Å². The summed E-state index contributed by atoms with van der Waals surface area (Å²) in [7, 11) is 0. The number of hydrogen-bond acceptors (Lipinski definition) is 6. The molecular formula is C12H16N4O2S2. The van der Waals surface area contributed by atoms with Crippen LogP contribution in [0, 0.1) is 5.92 Å². The normalized spacial score (nSPS) is 11.2. The third-order valence-electron chi connectivity index (χ3n) is 2.54. The van der Waals surface area contributed by atoms with Crippen molar-refractivity contribution in [3.63, 3.8) is 0 Å². The molecule has 0 spiro atoms. The fourth-order valence-electron chi connectivity index (χ4n) is 1.62. The highest BCUT2D eigenvalue weighted by Crippen LogP contribution is 2.25. The van der Waals surface area contributed by atoms with Crippen molar-refractivity contribution in [2.24, 2.45) is 5.92 Å². The summed E-state index contributed by atoms with van der Waals surface area (Å²) in [6.07, 6.45) is 0.784. The molecule has 6 nitrogen and oxygen atoms in total. The van der Waals surface area contributed by atoms with E-state index in [4.69, 9.17) is 10.9 Å². The summed E-state index contributed by atoms with van der Waals surface area (Å²) in [5, 5.41) is 17.7. The van der Waals surface area contributed by atoms with Crippen molar-refractivity contribution in [2.75, 3.05) is 5.84 Å². The van der Waals surface area contributed by atoms with Gasteiger partial charge in [0.15, 0.2) is 5.82 Å². The van der Waals surface area contributed by atoms with E-state index in [0.29, 0.717) is 21.7 Å². The molecule has 3 N–H and O–H groups in total. The van der Waals surface area contributed by atoms with Crippen molar-refractivity contribution in [1.29, 1.82) is 0 Å². The average molecular weight is 312 g/mol. The van der Waals surface area contributed by atoms with Crippen LogP contribution in [0.25, 0.3) is 0 Å². The van der Waals surface area contributed by atoms with Crippen LogP contribution in [-0.2, 0) is 12.2 Å². The van der Waals surface area contributed by atoms with E-state index in [0.717, 1.165) is 17.1 Å². The Hall–Kier alpha value is -1.54. The lowest BCUT2D eigenvalue weighted by Gasteiger charge is -2.04. The molecule has 0 unspecified atom stereocenters. The van der Waals surface area contributed by atoms with Crippen molar-refractivity contribution in [3.05, 3.63) is 27.7 Å². The largest absolute Gasteiger partial charge is 0.477 e. The maximum absolute atomic E-state index is 10.8. The molecule has 108 valence electrons. The van der Waals surface area contributed by atoms with E-state index < -0.39 is 5.97 Å². The predicted molar refractivity (Wildman–Crippen MR) is 79.6 cm³/mol. The number of nitrogens with zero attached hydrogens (tertiary/aromatic N) is 3. The first-order chi connectivity index (χ1) is 9.47. The van der Waals surface area contributed by atoms with Crippen LogP contribution < -0.4 is 5.84 Å². The van der Waals surface area contributed by atoms with Crippen molar-refractivity contribution < 1.29 is 9.90 Å². The number of thioether (sulfide) groups is 1. The van der Waals surface area contributed by atoms with Crippen LogP contribution in [0.1, 0.15) is 34.2 Å². The van der Waals surface area contributed by atoms with Crippen molar-refractivity contribution >= 4 is 29.1 Å². The molecular weight excluding hydrogens is 296 g/mol. The number of nitrogens with two attached hydrogens (primary N) is 1. The molecule has 0 atom stereocenters. The lowest BCUT2D eigenvalue weighted by atomic mass is 10.1. The van der Waals surface area contributed by atoms with E-state index >= 15 is 0 Å². The summed E-state index contributed by atoms with van der Waals surface area (Å²) in [6.45, 7) is 4.20. The lowest BCUT2D eigenvalue weighted by molar-refractivity contribution is 0.0702. The Kier molecular flexibility index (Phi) is 4.66. The monoisotopic (exact) mass is 312 g/mol. The van der Waals surface area contributed by atoms with Gasteiger partial charge in [-0.1, -0.05) is 25.6 Å². The van der Waals surface area contributed by atoms with Gasteiger partial charge in [0, 0.05) is 17.1 Å². The summed E-state index contributed by atoms with van der Waals surface area (Å²) in [6, 6.07) is 3.42. The minimum absolute atomic E-state index is 0.343. The number of aromatic carboxylic acids is 1. The van der Waals surface area contributed by atoms with Crippen molar-refractivity contribution in [3.8, 4) is 0 Å². The maximum Gasteiger partial charge on any atom is 0.345 e. The number of rotatable bonds is 6. The summed E-state index contributed by atoms with van der Waals surface area (Å²) >= 11 is 2.72. The standard InChI is InChI=1S/C12H16N4O2S2/c1-7(2)5-10-14-15-12(16(10)13)19-6-8-3-4-9(20-8)11(17)18/h3-4,7H,5-6,13H2,1-2H3,(H,17,18). The van der Waals surface area contributed by atoms with Crippen molar-refractivity contribution in [2.45, 2.75) is 31.2 Å². The molecule has 2 rings (SSSR count). The van der Waals surface area contributed by atoms with E-state index in [1.807, 2.05) is 6.07 Å². The van der Waals surface area contributed by atoms with Gasteiger partial charge in [-0.3, -0.25) is 0 Å². The fraction of sp³-hybridized carbons (Fsp3) is 0.417. The second kappa shape index (κ2) is 6.27. The van der Waals surface area contributed by atoms with Crippen LogP contribution >= 0.6 is 23.1 Å². The summed E-state index contributed by atoms with van der Waals surface area (Å²) in [4.78, 5) is 12.1. The first-order valence-electron chi connectivity index (χ1n) is 6.11. The van der Waals surface area contributed by atoms with Gasteiger partial charge in [-0.05, 0) is 18.1 Å². The molecule has 0 saturated carbocycles. The Morgan fingerprint density at radius 2 is 2.25 bits per heavy atom. The third kappa shape index (κ3) is 3.51. The fourth-order valence-corrected chi connectivity index (χ4v) is 3.38. The van der Waals surface area contributed by atoms with Crippen LogP contribution in [0.15, 0.2) is 17.3 Å². The number of carboxylic acids is 1. The molecule has 0 aromatic carbocycles. The number of nitrogen functional groups attached to an aromatic ring is 1. The minimum Gasteiger partial charge on any atom is -0.477 e. The molecule has 0 aliphatic rings. The Morgan fingerprint density at radius 3 is 2.85 bits per heavy atom. The van der Waals surface area contributed by atoms with Crippen LogP contribution in [0.2, 0.25) is 0 Å². The number of carboxylic acid groups (broad SMARTS) is 1. The van der Waals surface area contributed by atoms with Gasteiger partial charge in [0.2, 0.25) is 5.16 Å². The van der Waals surface area contributed by atoms with Gasteiger partial charge in [0.25, 0.3) is 0 Å². The zero-order chi connectivity index (χ0) is 14.7. The van der Waals surface area contributed by atoms with Gasteiger partial charge in [0.1, 0.15) is 4.88 Å². The molecule has 0 saturated heterocycles. The van der Waals surface area contributed by atoms with Gasteiger partial charge in [0.05, 0.1) is 0 Å². The number of aromatic nitrogens is 3. The van der Waals surface area contributed by atoms with Crippen LogP contribution in [0.3, 0.4) is 0 Å². The molecule has 0 fully saturated rings. The second-order valence-electron chi connectivity index (χ2n) is 4.73. The first-order valence-corrected chi connectivity index (χ1v) is 7.91. The Labute approximate surface area is 125 Å². The topological polar surface area (TPSA) is 94.0 Å². The van der Waals surface area contributed by atoms with Gasteiger partial charge in [-0.15, -0.1) is 21.5 Å². The number of carbonyl (C=O) groups is 1. The molecule has 0 radical (unpaired) electrons. The smallest absolute Gasteiger partial charge is 0.345 e. The highest BCUT2D eigenvalue weighted by molar-refractivity contribution is 7.98. The van der Waals surface area contributed by atoms with Gasteiger partial charge < -0.3 is 10.9 Å². The van der Waals surface area contributed by atoms with E-state index in [1.54, 1.807) is 6.07 Å². The summed E-state index contributed by atoms with van der Waals surface area (Å²) in [5.74, 6) is 6.92. The Balaban J connectivity index is 2.00. The molecule has 0 amide bonds. The predicted octanol–water partition coefficient (Wildman–Crippen LogP) is 2.24. The van der Waals surface area contributed by atoms with E-state index in [2.05, 4.69) is 24.0 Å². The van der Waals surface area contributed by atoms with Gasteiger partial charge in [-0.2, -0.15) is 0 Å². The summed E-state index contributed by atoms with van der Waals surface area (Å²) < 4.78 is 1.51. The Bertz CT molecular complexity index is 606. The van der Waals surface area contributed by atoms with Crippen LogP contribution in [0.4, 0.5) is 0 Å². The molecule has 0 bridgehead atoms. The van der Waals surface area contributed by atoms with Crippen LogP contribution in [0.5, 0.6) is 0 Å². The number of thiophene rings is 1.